The van der Waals surface area contributed by atoms with Crippen LogP contribution in [0.5, 0.6) is 0 Å². The van der Waals surface area contributed by atoms with Crippen LogP contribution in [0.3, 0.4) is 0 Å². The lowest BCUT2D eigenvalue weighted by atomic mass is 10.1. The maximum absolute atomic E-state index is 10.3. The standard InChI is InChI=1S/C6H15NO4S/c1-5(8)4-6(7)2-3-12(9,10)11/h5-6,8H,2-4,7H2,1H3,(H,9,10,11). The highest BCUT2D eigenvalue weighted by Gasteiger charge is 2.11. The molecule has 5 nitrogen and oxygen atoms in total. The lowest BCUT2D eigenvalue weighted by Gasteiger charge is -2.11. The molecule has 0 aliphatic heterocycles. The minimum atomic E-state index is -3.92. The largest absolute Gasteiger partial charge is 0.393 e. The summed E-state index contributed by atoms with van der Waals surface area (Å²) in [7, 11) is -3.92. The Kier molecular flexibility index (Phi) is 4.69. The predicted molar refractivity (Wildman–Crippen MR) is 45.3 cm³/mol. The summed E-state index contributed by atoms with van der Waals surface area (Å²) in [4.78, 5) is 0. The lowest BCUT2D eigenvalue weighted by Crippen LogP contribution is -2.27. The molecule has 0 aliphatic carbocycles. The van der Waals surface area contributed by atoms with E-state index in [0.29, 0.717) is 6.42 Å². The molecular formula is C6H15NO4S. The normalized spacial score (nSPS) is 17.3. The van der Waals surface area contributed by atoms with Gasteiger partial charge in [0.2, 0.25) is 0 Å². The van der Waals surface area contributed by atoms with Crippen molar-refractivity contribution in [1.82, 2.24) is 0 Å². The van der Waals surface area contributed by atoms with E-state index in [-0.39, 0.29) is 18.2 Å². The van der Waals surface area contributed by atoms with Crippen molar-refractivity contribution in [2.75, 3.05) is 5.75 Å². The summed E-state index contributed by atoms with van der Waals surface area (Å²) in [6, 6.07) is -0.382. The predicted octanol–water partition coefficient (Wildman–Crippen LogP) is -0.637. The van der Waals surface area contributed by atoms with Crippen molar-refractivity contribution in [3.05, 3.63) is 0 Å². The second kappa shape index (κ2) is 4.76. The Morgan fingerprint density at radius 1 is 1.50 bits per heavy atom. The van der Waals surface area contributed by atoms with Crippen molar-refractivity contribution in [3.8, 4) is 0 Å². The van der Waals surface area contributed by atoms with Gasteiger partial charge in [-0.15, -0.1) is 0 Å². The number of hydrogen-bond acceptors (Lipinski definition) is 4. The molecule has 74 valence electrons. The van der Waals surface area contributed by atoms with Gasteiger partial charge < -0.3 is 10.8 Å². The molecule has 2 atom stereocenters. The number of nitrogens with two attached hydrogens (primary N) is 1. The molecule has 0 aromatic rings. The van der Waals surface area contributed by atoms with Crippen LogP contribution in [0.4, 0.5) is 0 Å². The Morgan fingerprint density at radius 3 is 2.33 bits per heavy atom. The topological polar surface area (TPSA) is 101 Å². The molecule has 0 bridgehead atoms. The van der Waals surface area contributed by atoms with Crippen LogP contribution in [0.15, 0.2) is 0 Å². The Bertz CT molecular complexity index is 212. The molecule has 0 saturated heterocycles. The maximum atomic E-state index is 10.3. The van der Waals surface area contributed by atoms with Crippen LogP contribution in [-0.2, 0) is 10.1 Å². The molecule has 0 rings (SSSR count). The molecule has 12 heavy (non-hydrogen) atoms. The van der Waals surface area contributed by atoms with Crippen LogP contribution in [0.2, 0.25) is 0 Å². The van der Waals surface area contributed by atoms with Crippen LogP contribution >= 0.6 is 0 Å². The average molecular weight is 197 g/mol. The summed E-state index contributed by atoms with van der Waals surface area (Å²) in [6.45, 7) is 1.58. The summed E-state index contributed by atoms with van der Waals surface area (Å²) >= 11 is 0. The highest BCUT2D eigenvalue weighted by atomic mass is 32.2. The van der Waals surface area contributed by atoms with Gasteiger partial charge in [0.15, 0.2) is 0 Å². The Labute approximate surface area is 72.3 Å². The van der Waals surface area contributed by atoms with E-state index in [4.69, 9.17) is 15.4 Å². The van der Waals surface area contributed by atoms with E-state index in [9.17, 15) is 8.42 Å². The van der Waals surface area contributed by atoms with Crippen molar-refractivity contribution in [1.29, 1.82) is 0 Å². The molecule has 0 fully saturated rings. The fourth-order valence-electron chi connectivity index (χ4n) is 0.856. The van der Waals surface area contributed by atoms with Gasteiger partial charge in [0.1, 0.15) is 0 Å². The third-order valence-electron chi connectivity index (χ3n) is 1.39. The van der Waals surface area contributed by atoms with Crippen molar-refractivity contribution in [2.24, 2.45) is 5.73 Å². The number of hydrogen-bond donors (Lipinski definition) is 3. The van der Waals surface area contributed by atoms with E-state index in [2.05, 4.69) is 0 Å². The Morgan fingerprint density at radius 2 is 2.00 bits per heavy atom. The van der Waals surface area contributed by atoms with Crippen LogP contribution in [0.1, 0.15) is 19.8 Å². The molecule has 0 spiro atoms. The molecule has 6 heteroatoms. The number of aliphatic hydroxyl groups is 1. The van der Waals surface area contributed by atoms with E-state index in [1.807, 2.05) is 0 Å². The molecule has 0 aromatic heterocycles. The third-order valence-corrected chi connectivity index (χ3v) is 2.14. The van der Waals surface area contributed by atoms with Crippen LogP contribution in [0.25, 0.3) is 0 Å². The van der Waals surface area contributed by atoms with E-state index >= 15 is 0 Å². The zero-order chi connectivity index (χ0) is 9.78. The van der Waals surface area contributed by atoms with Gasteiger partial charge in [-0.05, 0) is 19.8 Å². The van der Waals surface area contributed by atoms with E-state index in [1.165, 1.54) is 0 Å². The Hall–Kier alpha value is -0.170. The van der Waals surface area contributed by atoms with Gasteiger partial charge in [-0.1, -0.05) is 0 Å². The zero-order valence-corrected chi connectivity index (χ0v) is 7.79. The van der Waals surface area contributed by atoms with E-state index in [0.717, 1.165) is 0 Å². The van der Waals surface area contributed by atoms with Gasteiger partial charge >= 0.3 is 0 Å². The molecule has 4 N–H and O–H groups in total. The van der Waals surface area contributed by atoms with E-state index < -0.39 is 16.2 Å². The summed E-state index contributed by atoms with van der Waals surface area (Å²) in [5.74, 6) is -0.346. The molecular weight excluding hydrogens is 182 g/mol. The summed E-state index contributed by atoms with van der Waals surface area (Å²) < 4.78 is 28.9. The van der Waals surface area contributed by atoms with Gasteiger partial charge in [-0.3, -0.25) is 4.55 Å². The smallest absolute Gasteiger partial charge is 0.264 e. The average Bonchev–Trinajstić information content (AvgIpc) is 1.80. The quantitative estimate of drug-likeness (QED) is 0.509. The molecule has 0 heterocycles. The van der Waals surface area contributed by atoms with Crippen molar-refractivity contribution < 1.29 is 18.1 Å². The molecule has 2 unspecified atom stereocenters. The fraction of sp³-hybridized carbons (Fsp3) is 1.00. The SMILES string of the molecule is CC(O)CC(N)CCS(=O)(=O)O. The van der Waals surface area contributed by atoms with Crippen molar-refractivity contribution in [2.45, 2.75) is 31.9 Å². The number of aliphatic hydroxyl groups excluding tert-OH is 1. The number of rotatable bonds is 5. The summed E-state index contributed by atoms with van der Waals surface area (Å²) in [5, 5.41) is 8.86. The lowest BCUT2D eigenvalue weighted by molar-refractivity contribution is 0.174. The van der Waals surface area contributed by atoms with Crippen molar-refractivity contribution >= 4 is 10.1 Å². The molecule has 0 radical (unpaired) electrons. The zero-order valence-electron chi connectivity index (χ0n) is 6.97. The highest BCUT2D eigenvalue weighted by molar-refractivity contribution is 7.85. The maximum Gasteiger partial charge on any atom is 0.264 e. The molecule has 0 saturated carbocycles. The van der Waals surface area contributed by atoms with Gasteiger partial charge in [0, 0.05) is 6.04 Å². The Balaban J connectivity index is 3.65. The fourth-order valence-corrected chi connectivity index (χ4v) is 1.46. The first kappa shape index (κ1) is 11.8. The first-order valence-electron chi connectivity index (χ1n) is 3.70. The van der Waals surface area contributed by atoms with Gasteiger partial charge in [-0.25, -0.2) is 0 Å². The monoisotopic (exact) mass is 197 g/mol. The second-order valence-electron chi connectivity index (χ2n) is 2.92. The minimum Gasteiger partial charge on any atom is -0.393 e. The third kappa shape index (κ3) is 7.93. The van der Waals surface area contributed by atoms with Gasteiger partial charge in [0.05, 0.1) is 11.9 Å². The summed E-state index contributed by atoms with van der Waals surface area (Å²) in [6.07, 6.45) is -0.0272. The van der Waals surface area contributed by atoms with E-state index in [1.54, 1.807) is 6.92 Å². The second-order valence-corrected chi connectivity index (χ2v) is 4.49. The first-order valence-corrected chi connectivity index (χ1v) is 5.31. The van der Waals surface area contributed by atoms with Crippen LogP contribution in [0, 0.1) is 0 Å². The molecule has 0 aromatic carbocycles. The van der Waals surface area contributed by atoms with Gasteiger partial charge in [0.25, 0.3) is 10.1 Å². The molecule has 0 aliphatic rings. The molecule has 0 amide bonds. The highest BCUT2D eigenvalue weighted by Crippen LogP contribution is 2.01. The van der Waals surface area contributed by atoms with Crippen LogP contribution in [-0.4, -0.2) is 36.0 Å². The van der Waals surface area contributed by atoms with Gasteiger partial charge in [-0.2, -0.15) is 8.42 Å². The minimum absolute atomic E-state index is 0.170. The summed E-state index contributed by atoms with van der Waals surface area (Å²) in [5.41, 5.74) is 5.45. The van der Waals surface area contributed by atoms with Crippen LogP contribution < -0.4 is 5.73 Å². The van der Waals surface area contributed by atoms with Crippen molar-refractivity contribution in [3.63, 3.8) is 0 Å². The first-order chi connectivity index (χ1) is 5.31.